The van der Waals surface area contributed by atoms with Crippen LogP contribution in [0.3, 0.4) is 0 Å². The molecule has 3 fully saturated rings. The monoisotopic (exact) mass is 346 g/mol. The van der Waals surface area contributed by atoms with Crippen molar-refractivity contribution in [2.24, 2.45) is 22.7 Å². The van der Waals surface area contributed by atoms with Gasteiger partial charge < -0.3 is 19.7 Å². The zero-order valence-corrected chi connectivity index (χ0v) is 15.5. The predicted molar refractivity (Wildman–Crippen MR) is 96.2 cm³/mol. The number of amides is 1. The van der Waals surface area contributed by atoms with Crippen molar-refractivity contribution in [3.05, 3.63) is 24.3 Å². The van der Waals surface area contributed by atoms with Crippen LogP contribution in [0.4, 0.5) is 4.79 Å². The third-order valence-electron chi connectivity index (χ3n) is 7.36. The zero-order chi connectivity index (χ0) is 17.7. The molecule has 1 amide bonds. The van der Waals surface area contributed by atoms with E-state index in [-0.39, 0.29) is 35.0 Å². The molecule has 6 atom stereocenters. The van der Waals surface area contributed by atoms with E-state index < -0.39 is 0 Å². The molecule has 1 aliphatic heterocycles. The minimum Gasteiger partial charge on any atom is -0.453 e. The third-order valence-corrected chi connectivity index (χ3v) is 7.36. The summed E-state index contributed by atoms with van der Waals surface area (Å²) >= 11 is 0. The van der Waals surface area contributed by atoms with Crippen molar-refractivity contribution in [3.8, 4) is 0 Å². The molecule has 5 heteroatoms. The highest BCUT2D eigenvalue weighted by Crippen LogP contribution is 2.82. The molecule has 25 heavy (non-hydrogen) atoms. The van der Waals surface area contributed by atoms with Crippen LogP contribution in [-0.2, 0) is 9.47 Å². The SMILES string of the molecule is COC(=O)N[C@@H]1[C@@H](C)[C@H](OC)[C@]23C=CC=C[C@H]2[C@]13CCN1CCCC1. The van der Waals surface area contributed by atoms with E-state index in [1.165, 1.54) is 33.0 Å². The van der Waals surface area contributed by atoms with Crippen LogP contribution in [0.25, 0.3) is 0 Å². The summed E-state index contributed by atoms with van der Waals surface area (Å²) in [5.74, 6) is 0.700. The van der Waals surface area contributed by atoms with Crippen LogP contribution < -0.4 is 5.32 Å². The normalized spacial score (nSPS) is 44.4. The first kappa shape index (κ1) is 17.1. The zero-order valence-electron chi connectivity index (χ0n) is 15.5. The maximum Gasteiger partial charge on any atom is 0.407 e. The van der Waals surface area contributed by atoms with Crippen LogP contribution >= 0.6 is 0 Å². The Balaban J connectivity index is 1.66. The molecule has 0 unspecified atom stereocenters. The molecule has 1 spiro atoms. The Morgan fingerprint density at radius 1 is 1.28 bits per heavy atom. The lowest BCUT2D eigenvalue weighted by molar-refractivity contribution is 0.0253. The number of fused-ring (bicyclic) bond motifs is 1. The molecule has 4 rings (SSSR count). The lowest BCUT2D eigenvalue weighted by Crippen LogP contribution is -2.47. The second kappa shape index (κ2) is 6.13. The summed E-state index contributed by atoms with van der Waals surface area (Å²) in [6.45, 7) is 5.72. The average Bonchev–Trinajstić information content (AvgIpc) is 2.90. The summed E-state index contributed by atoms with van der Waals surface area (Å²) in [6.07, 6.45) is 12.5. The van der Waals surface area contributed by atoms with Crippen molar-refractivity contribution in [2.45, 2.75) is 38.3 Å². The molecular formula is C20H30N2O3. The van der Waals surface area contributed by atoms with E-state index in [1.807, 2.05) is 7.11 Å². The number of likely N-dealkylation sites (tertiary alicyclic amines) is 1. The van der Waals surface area contributed by atoms with Crippen LogP contribution in [0.5, 0.6) is 0 Å². The highest BCUT2D eigenvalue weighted by molar-refractivity contribution is 5.68. The van der Waals surface area contributed by atoms with Crippen molar-refractivity contribution in [3.63, 3.8) is 0 Å². The fraction of sp³-hybridized carbons (Fsp3) is 0.750. The molecule has 0 aromatic rings. The number of carbonyl (C=O) groups excluding carboxylic acids is 1. The van der Waals surface area contributed by atoms with Gasteiger partial charge >= 0.3 is 6.09 Å². The number of ether oxygens (including phenoxy) is 2. The number of nitrogens with one attached hydrogen (secondary N) is 1. The third kappa shape index (κ3) is 2.18. The van der Waals surface area contributed by atoms with Crippen LogP contribution in [0, 0.1) is 22.7 Å². The van der Waals surface area contributed by atoms with E-state index in [9.17, 15) is 4.79 Å². The minimum atomic E-state index is -0.332. The van der Waals surface area contributed by atoms with Gasteiger partial charge in [0.25, 0.3) is 0 Å². The van der Waals surface area contributed by atoms with Gasteiger partial charge in [0.05, 0.1) is 13.2 Å². The number of carbonyl (C=O) groups is 1. The average molecular weight is 346 g/mol. The van der Waals surface area contributed by atoms with Gasteiger partial charge in [-0.15, -0.1) is 0 Å². The molecule has 0 aromatic heterocycles. The van der Waals surface area contributed by atoms with Crippen molar-refractivity contribution in [1.82, 2.24) is 10.2 Å². The van der Waals surface area contributed by atoms with Crippen molar-refractivity contribution in [1.29, 1.82) is 0 Å². The van der Waals surface area contributed by atoms with Gasteiger partial charge in [-0.25, -0.2) is 4.79 Å². The summed E-state index contributed by atoms with van der Waals surface area (Å²) in [5.41, 5.74) is 0.0503. The van der Waals surface area contributed by atoms with Gasteiger partial charge in [0.2, 0.25) is 0 Å². The van der Waals surface area contributed by atoms with Gasteiger partial charge in [-0.05, 0) is 44.8 Å². The fourth-order valence-corrected chi connectivity index (χ4v) is 6.43. The Kier molecular flexibility index (Phi) is 4.19. The smallest absolute Gasteiger partial charge is 0.407 e. The Bertz CT molecular complexity index is 598. The van der Waals surface area contributed by atoms with Crippen LogP contribution in [0.1, 0.15) is 26.2 Å². The van der Waals surface area contributed by atoms with E-state index in [4.69, 9.17) is 9.47 Å². The highest BCUT2D eigenvalue weighted by Gasteiger charge is 2.85. The number of hydrogen-bond acceptors (Lipinski definition) is 4. The Hall–Kier alpha value is -1.33. The van der Waals surface area contributed by atoms with E-state index in [0.29, 0.717) is 5.92 Å². The summed E-state index contributed by atoms with van der Waals surface area (Å²) in [5, 5.41) is 3.17. The Morgan fingerprint density at radius 2 is 2.04 bits per heavy atom. The van der Waals surface area contributed by atoms with Crippen molar-refractivity contribution < 1.29 is 14.3 Å². The first-order valence-electron chi connectivity index (χ1n) is 9.57. The molecule has 0 aromatic carbocycles. The summed E-state index contributed by atoms with van der Waals surface area (Å²) in [6, 6.07) is 0.0740. The Labute approximate surface area is 150 Å². The van der Waals surface area contributed by atoms with Gasteiger partial charge in [-0.1, -0.05) is 31.2 Å². The van der Waals surface area contributed by atoms with Gasteiger partial charge in [0.15, 0.2) is 0 Å². The standard InChI is InChI=1S/C20H30N2O3/c1-14-16(21-18(23)25-3)19(10-13-22-11-6-7-12-22)15-8-4-5-9-20(15,19)17(14)24-2/h4-5,8-9,14-17H,6-7,10-13H2,1-3H3,(H,21,23)/t14-,15+,16-,17+,19-,20+/m1/s1. The number of hydrogen-bond donors (Lipinski definition) is 1. The van der Waals surface area contributed by atoms with E-state index in [1.54, 1.807) is 0 Å². The van der Waals surface area contributed by atoms with E-state index in [2.05, 4.69) is 41.4 Å². The fourth-order valence-electron chi connectivity index (χ4n) is 6.43. The molecule has 1 heterocycles. The predicted octanol–water partition coefficient (Wildman–Crippen LogP) is 2.59. The highest BCUT2D eigenvalue weighted by atomic mass is 16.5. The van der Waals surface area contributed by atoms with Gasteiger partial charge in [-0.3, -0.25) is 0 Å². The second-order valence-corrected chi connectivity index (χ2v) is 8.12. The quantitative estimate of drug-likeness (QED) is 0.831. The van der Waals surface area contributed by atoms with Crippen molar-refractivity contribution >= 4 is 6.09 Å². The summed E-state index contributed by atoms with van der Waals surface area (Å²) in [4.78, 5) is 14.6. The maximum absolute atomic E-state index is 12.1. The van der Waals surface area contributed by atoms with Crippen LogP contribution in [0.15, 0.2) is 24.3 Å². The molecule has 0 bridgehead atoms. The first-order valence-corrected chi connectivity index (χ1v) is 9.57. The van der Waals surface area contributed by atoms with Gasteiger partial charge in [0, 0.05) is 29.9 Å². The molecule has 1 saturated heterocycles. The molecule has 1 N–H and O–H groups in total. The van der Waals surface area contributed by atoms with Gasteiger partial charge in [0.1, 0.15) is 0 Å². The van der Waals surface area contributed by atoms with Crippen LogP contribution in [-0.4, -0.2) is 57.0 Å². The summed E-state index contributed by atoms with van der Waals surface area (Å²) in [7, 11) is 3.25. The number of nitrogens with zero attached hydrogens (tertiary/aromatic N) is 1. The molecule has 138 valence electrons. The molecule has 2 saturated carbocycles. The van der Waals surface area contributed by atoms with Gasteiger partial charge in [-0.2, -0.15) is 0 Å². The lowest BCUT2D eigenvalue weighted by Gasteiger charge is -2.32. The minimum absolute atomic E-state index is 0.0152. The summed E-state index contributed by atoms with van der Waals surface area (Å²) < 4.78 is 10.9. The Morgan fingerprint density at radius 3 is 2.72 bits per heavy atom. The number of alkyl carbamates (subject to hydrolysis) is 1. The molecule has 0 radical (unpaired) electrons. The molecule has 3 aliphatic carbocycles. The van der Waals surface area contributed by atoms with E-state index in [0.717, 1.165) is 13.0 Å². The first-order chi connectivity index (χ1) is 12.1. The van der Waals surface area contributed by atoms with E-state index >= 15 is 0 Å². The lowest BCUT2D eigenvalue weighted by atomic mass is 9.84. The number of allylic oxidation sites excluding steroid dienone is 3. The molecule has 4 aliphatic rings. The van der Waals surface area contributed by atoms with Crippen molar-refractivity contribution in [2.75, 3.05) is 33.9 Å². The number of methoxy groups -OCH3 is 2. The topological polar surface area (TPSA) is 50.8 Å². The number of rotatable bonds is 5. The second-order valence-electron chi connectivity index (χ2n) is 8.12. The van der Waals surface area contributed by atoms with Crippen LogP contribution in [0.2, 0.25) is 0 Å². The molecule has 5 nitrogen and oxygen atoms in total. The molecular weight excluding hydrogens is 316 g/mol. The largest absolute Gasteiger partial charge is 0.453 e. The maximum atomic E-state index is 12.1.